The van der Waals surface area contributed by atoms with Gasteiger partial charge in [0, 0.05) is 5.69 Å². The molecule has 0 atom stereocenters. The molecule has 2 heterocycles. The summed E-state index contributed by atoms with van der Waals surface area (Å²) in [5, 5.41) is 26.6. The first-order valence-corrected chi connectivity index (χ1v) is 11.4. The number of nitriles is 1. The van der Waals surface area contributed by atoms with Gasteiger partial charge in [-0.05, 0) is 35.4 Å². The molecule has 0 unspecified atom stereocenters. The topological polar surface area (TPSA) is 90.7 Å². The van der Waals surface area contributed by atoms with E-state index in [4.69, 9.17) is 5.26 Å². The van der Waals surface area contributed by atoms with Gasteiger partial charge in [0.25, 0.3) is 0 Å². The maximum atomic E-state index is 12.1. The minimum absolute atomic E-state index is 0.168. The van der Waals surface area contributed by atoms with E-state index in [-0.39, 0.29) is 11.7 Å². The number of nitrogens with one attached hydrogen (secondary N) is 2. The second kappa shape index (κ2) is 9.68. The maximum absolute atomic E-state index is 12.1. The average Bonchev–Trinajstić information content (AvgIpc) is 3.35. The molecular weight excluding hydrogens is 410 g/mol. The number of thiophene rings is 1. The van der Waals surface area contributed by atoms with Gasteiger partial charge in [0.15, 0.2) is 4.34 Å². The highest BCUT2D eigenvalue weighted by Gasteiger charge is 2.13. The number of aryl methyl sites for hydroxylation is 2. The van der Waals surface area contributed by atoms with E-state index in [1.54, 1.807) is 11.4 Å². The first-order valence-electron chi connectivity index (χ1n) is 8.76. The summed E-state index contributed by atoms with van der Waals surface area (Å²) in [7, 11) is 0. The number of hydrogen-bond acceptors (Lipinski definition) is 8. The normalized spacial score (nSPS) is 10.5. The first kappa shape index (κ1) is 20.3. The zero-order valence-electron chi connectivity index (χ0n) is 15.5. The Bertz CT molecular complexity index is 983. The van der Waals surface area contributed by atoms with Crippen molar-refractivity contribution in [2.45, 2.75) is 31.0 Å². The van der Waals surface area contributed by atoms with Gasteiger partial charge in [-0.1, -0.05) is 55.1 Å². The fourth-order valence-electron chi connectivity index (χ4n) is 2.61. The molecule has 9 heteroatoms. The van der Waals surface area contributed by atoms with E-state index in [2.05, 4.69) is 58.9 Å². The molecule has 1 amide bonds. The van der Waals surface area contributed by atoms with Gasteiger partial charge in [-0.3, -0.25) is 4.79 Å². The number of rotatable bonds is 8. The number of carbonyl (C=O) groups is 1. The number of anilines is 3. The van der Waals surface area contributed by atoms with Crippen LogP contribution < -0.4 is 10.6 Å². The Hall–Kier alpha value is -2.41. The highest BCUT2D eigenvalue weighted by Crippen LogP contribution is 2.31. The van der Waals surface area contributed by atoms with Crippen LogP contribution >= 0.6 is 34.4 Å². The third kappa shape index (κ3) is 4.90. The van der Waals surface area contributed by atoms with Crippen molar-refractivity contribution in [1.82, 2.24) is 10.2 Å². The molecule has 2 N–H and O–H groups in total. The summed E-state index contributed by atoms with van der Waals surface area (Å²) in [6.07, 6.45) is 1.87. The zero-order chi connectivity index (χ0) is 19.9. The van der Waals surface area contributed by atoms with E-state index >= 15 is 0 Å². The summed E-state index contributed by atoms with van der Waals surface area (Å²) >= 11 is 4.09. The molecule has 0 aliphatic rings. The third-order valence-corrected chi connectivity index (χ3v) is 6.80. The van der Waals surface area contributed by atoms with Gasteiger partial charge in [0.1, 0.15) is 11.1 Å². The maximum Gasteiger partial charge on any atom is 0.235 e. The summed E-state index contributed by atoms with van der Waals surface area (Å²) in [6, 6.07) is 10.1. The molecule has 0 aliphatic heterocycles. The van der Waals surface area contributed by atoms with E-state index < -0.39 is 0 Å². The molecule has 28 heavy (non-hydrogen) atoms. The van der Waals surface area contributed by atoms with Crippen molar-refractivity contribution in [3.63, 3.8) is 0 Å². The molecule has 0 saturated heterocycles. The summed E-state index contributed by atoms with van der Waals surface area (Å²) in [4.78, 5) is 12.1. The first-order chi connectivity index (χ1) is 13.6. The number of hydrogen-bond donors (Lipinski definition) is 2. The van der Waals surface area contributed by atoms with Gasteiger partial charge in [0.05, 0.1) is 11.3 Å². The second-order valence-corrected chi connectivity index (χ2v) is 8.88. The Morgan fingerprint density at radius 2 is 1.96 bits per heavy atom. The Kier molecular flexibility index (Phi) is 7.03. The lowest BCUT2D eigenvalue weighted by atomic mass is 10.0. The minimum Gasteiger partial charge on any atom is -0.330 e. The van der Waals surface area contributed by atoms with Crippen LogP contribution in [0, 0.1) is 11.3 Å². The summed E-state index contributed by atoms with van der Waals surface area (Å²) in [5.41, 5.74) is 4.06. The molecule has 144 valence electrons. The van der Waals surface area contributed by atoms with Crippen molar-refractivity contribution < 1.29 is 4.79 Å². The van der Waals surface area contributed by atoms with Crippen LogP contribution in [0.15, 0.2) is 34.0 Å². The van der Waals surface area contributed by atoms with Crippen molar-refractivity contribution in [2.75, 3.05) is 16.4 Å². The highest BCUT2D eigenvalue weighted by molar-refractivity contribution is 8.01. The predicted molar refractivity (Wildman–Crippen MR) is 117 cm³/mol. The molecule has 3 aromatic rings. The Balaban J connectivity index is 1.61. The SMILES string of the molecule is CCc1cccc(CC)c1Nc1nnc(SCC(=O)Nc2sccc2C#N)s1. The molecule has 1 aromatic carbocycles. The number of carbonyl (C=O) groups excluding carboxylic acids is 1. The molecule has 0 bridgehead atoms. The lowest BCUT2D eigenvalue weighted by molar-refractivity contribution is -0.113. The number of nitrogens with zero attached hydrogens (tertiary/aromatic N) is 3. The fraction of sp³-hybridized carbons (Fsp3) is 0.263. The number of amides is 1. The smallest absolute Gasteiger partial charge is 0.235 e. The highest BCUT2D eigenvalue weighted by atomic mass is 32.2. The van der Waals surface area contributed by atoms with Crippen molar-refractivity contribution >= 4 is 56.2 Å². The number of para-hydroxylation sites is 1. The third-order valence-electron chi connectivity index (χ3n) is 4.00. The molecule has 6 nitrogen and oxygen atoms in total. The van der Waals surface area contributed by atoms with Gasteiger partial charge in [-0.25, -0.2) is 0 Å². The second-order valence-electron chi connectivity index (χ2n) is 5.77. The van der Waals surface area contributed by atoms with Gasteiger partial charge in [0.2, 0.25) is 11.0 Å². The van der Waals surface area contributed by atoms with E-state index in [1.165, 1.54) is 45.6 Å². The Morgan fingerprint density at radius 3 is 2.64 bits per heavy atom. The number of benzene rings is 1. The van der Waals surface area contributed by atoms with Gasteiger partial charge in [-0.15, -0.1) is 21.5 Å². The lowest BCUT2D eigenvalue weighted by Crippen LogP contribution is -2.13. The van der Waals surface area contributed by atoms with Crippen molar-refractivity contribution in [3.05, 3.63) is 46.3 Å². The van der Waals surface area contributed by atoms with E-state index in [9.17, 15) is 4.79 Å². The van der Waals surface area contributed by atoms with Crippen LogP contribution in [0.5, 0.6) is 0 Å². The largest absolute Gasteiger partial charge is 0.330 e. The van der Waals surface area contributed by atoms with Crippen LogP contribution in [-0.4, -0.2) is 21.9 Å². The Labute approximate surface area is 176 Å². The van der Waals surface area contributed by atoms with Crippen LogP contribution in [0.2, 0.25) is 0 Å². The van der Waals surface area contributed by atoms with E-state index in [0.717, 1.165) is 22.9 Å². The molecule has 0 spiro atoms. The molecule has 0 aliphatic carbocycles. The number of aromatic nitrogens is 2. The molecule has 2 aromatic heterocycles. The van der Waals surface area contributed by atoms with E-state index in [0.29, 0.717) is 15.7 Å². The lowest BCUT2D eigenvalue weighted by Gasteiger charge is -2.13. The minimum atomic E-state index is -0.168. The number of thioether (sulfide) groups is 1. The van der Waals surface area contributed by atoms with Gasteiger partial charge >= 0.3 is 0 Å². The molecule has 0 saturated carbocycles. The quantitative estimate of drug-likeness (QED) is 0.486. The molecule has 0 fully saturated rings. The van der Waals surface area contributed by atoms with Crippen LogP contribution in [0.4, 0.5) is 15.8 Å². The molecule has 0 radical (unpaired) electrons. The average molecular weight is 430 g/mol. The van der Waals surface area contributed by atoms with Gasteiger partial charge < -0.3 is 10.6 Å². The van der Waals surface area contributed by atoms with Crippen LogP contribution in [0.1, 0.15) is 30.5 Å². The standard InChI is InChI=1S/C19H19N5OS3/c1-3-12-6-5-7-13(4-2)16(12)22-18-23-24-19(28-18)27-11-15(25)21-17-14(10-20)8-9-26-17/h5-9H,3-4,11H2,1-2H3,(H,21,25)(H,22,23). The predicted octanol–water partition coefficient (Wildman–Crippen LogP) is 5.07. The molecular formula is C19H19N5OS3. The van der Waals surface area contributed by atoms with Crippen molar-refractivity contribution in [2.24, 2.45) is 0 Å². The van der Waals surface area contributed by atoms with E-state index in [1.807, 2.05) is 0 Å². The summed E-state index contributed by atoms with van der Waals surface area (Å²) in [5.74, 6) is 0.0432. The van der Waals surface area contributed by atoms with Crippen LogP contribution in [-0.2, 0) is 17.6 Å². The van der Waals surface area contributed by atoms with Crippen molar-refractivity contribution in [1.29, 1.82) is 5.26 Å². The molecule has 3 rings (SSSR count). The zero-order valence-corrected chi connectivity index (χ0v) is 17.9. The monoisotopic (exact) mass is 429 g/mol. The summed E-state index contributed by atoms with van der Waals surface area (Å²) in [6.45, 7) is 4.26. The van der Waals surface area contributed by atoms with Gasteiger partial charge in [-0.2, -0.15) is 5.26 Å². The summed E-state index contributed by atoms with van der Waals surface area (Å²) < 4.78 is 0.719. The fourth-order valence-corrected chi connectivity index (χ4v) is 4.92. The van der Waals surface area contributed by atoms with Crippen LogP contribution in [0.25, 0.3) is 0 Å². The van der Waals surface area contributed by atoms with Crippen LogP contribution in [0.3, 0.4) is 0 Å². The Morgan fingerprint density at radius 1 is 1.21 bits per heavy atom. The van der Waals surface area contributed by atoms with Crippen molar-refractivity contribution in [3.8, 4) is 6.07 Å².